The molecule has 0 fully saturated rings. The fourth-order valence-corrected chi connectivity index (χ4v) is 2.43. The minimum atomic E-state index is -4.41. The molecule has 26 heavy (non-hydrogen) atoms. The van der Waals surface area contributed by atoms with Crippen molar-refractivity contribution in [2.45, 2.75) is 13.3 Å². The third kappa shape index (κ3) is 4.09. The number of nitrogens with zero attached hydrogens (tertiary/aromatic N) is 5. The minimum Gasteiger partial charge on any atom is -0.726 e. The van der Waals surface area contributed by atoms with Crippen molar-refractivity contribution in [3.05, 3.63) is 35.7 Å². The molecule has 11 nitrogen and oxygen atoms in total. The zero-order chi connectivity index (χ0) is 19.6. The number of hydrogen-bond donors (Lipinski definition) is 2. The van der Waals surface area contributed by atoms with Gasteiger partial charge in [0, 0.05) is 11.3 Å². The van der Waals surface area contributed by atoms with E-state index in [0.29, 0.717) is 23.6 Å². The molecule has 142 valence electrons. The molecule has 0 aliphatic rings. The number of rotatable bonds is 3. The minimum absolute atomic E-state index is 0.538. The highest BCUT2D eigenvalue weighted by molar-refractivity contribution is 7.80. The maximum absolute atomic E-state index is 9.22. The maximum Gasteiger partial charge on any atom is 0.260 e. The third-order valence-corrected chi connectivity index (χ3v) is 4.29. The van der Waals surface area contributed by atoms with Crippen LogP contribution in [-0.2, 0) is 35.1 Å². The molecule has 0 amide bonds. The molecule has 0 aromatic carbocycles. The lowest BCUT2D eigenvalue weighted by Crippen LogP contribution is -2.32. The molecule has 0 saturated carbocycles. The Balaban J connectivity index is 0.000000352. The first-order valence-electron chi connectivity index (χ1n) is 7.44. The van der Waals surface area contributed by atoms with Crippen LogP contribution in [0.15, 0.2) is 18.6 Å². The number of aromatic nitrogens is 5. The van der Waals surface area contributed by atoms with Crippen LogP contribution in [-0.4, -0.2) is 39.2 Å². The van der Waals surface area contributed by atoms with Crippen molar-refractivity contribution in [1.82, 2.24) is 19.2 Å². The van der Waals surface area contributed by atoms with Gasteiger partial charge in [-0.15, -0.1) is 0 Å². The molecule has 12 heteroatoms. The second-order valence-electron chi connectivity index (χ2n) is 5.58. The van der Waals surface area contributed by atoms with Crippen molar-refractivity contribution < 1.29 is 21.7 Å². The standard InChI is InChI=1S/C13H18N7.CH4O4S/c1-8-9(6-11-18(2)4-5-19(11)3)12(15)20-13(17-8)10(14)7-16-20;1-5-6(2,3)4/h4-5,7H,6,14-15H2,1-3H3;1H3,(H,2,3,4)/q+1;/p-1. The normalized spacial score (nSPS) is 11.4. The van der Waals surface area contributed by atoms with Crippen LogP contribution in [0.5, 0.6) is 0 Å². The zero-order valence-corrected chi connectivity index (χ0v) is 15.7. The molecule has 0 bridgehead atoms. The first-order valence-corrected chi connectivity index (χ1v) is 8.78. The van der Waals surface area contributed by atoms with Crippen LogP contribution >= 0.6 is 0 Å². The molecule has 0 aliphatic heterocycles. The molecule has 3 rings (SSSR count). The van der Waals surface area contributed by atoms with Gasteiger partial charge in [0.25, 0.3) is 5.82 Å². The number of nitrogen functional groups attached to an aromatic ring is 2. The van der Waals surface area contributed by atoms with Crippen molar-refractivity contribution in [3.63, 3.8) is 0 Å². The summed E-state index contributed by atoms with van der Waals surface area (Å²) in [6.07, 6.45) is 6.29. The lowest BCUT2D eigenvalue weighted by molar-refractivity contribution is -0.678. The third-order valence-electron chi connectivity index (χ3n) is 3.89. The Kier molecular flexibility index (Phi) is 5.49. The first-order chi connectivity index (χ1) is 12.0. The Bertz CT molecular complexity index is 1020. The summed E-state index contributed by atoms with van der Waals surface area (Å²) >= 11 is 0. The van der Waals surface area contributed by atoms with Gasteiger partial charge in [0.15, 0.2) is 5.65 Å². The van der Waals surface area contributed by atoms with Crippen LogP contribution in [0.2, 0.25) is 0 Å². The second-order valence-corrected chi connectivity index (χ2v) is 6.73. The van der Waals surface area contributed by atoms with Gasteiger partial charge in [-0.1, -0.05) is 0 Å². The smallest absolute Gasteiger partial charge is 0.260 e. The maximum atomic E-state index is 9.22. The molecular weight excluding hydrogens is 362 g/mol. The van der Waals surface area contributed by atoms with Gasteiger partial charge in [-0.2, -0.15) is 9.61 Å². The molecule has 3 aromatic rings. The van der Waals surface area contributed by atoms with E-state index in [1.54, 1.807) is 10.7 Å². The lowest BCUT2D eigenvalue weighted by atomic mass is 10.1. The summed E-state index contributed by atoms with van der Waals surface area (Å²) in [6, 6.07) is 0. The molecule has 0 atom stereocenters. The molecule has 0 aliphatic carbocycles. The molecule has 0 spiro atoms. The van der Waals surface area contributed by atoms with Crippen LogP contribution in [0, 0.1) is 6.92 Å². The quantitative estimate of drug-likeness (QED) is 0.333. The number of aryl methyl sites for hydroxylation is 3. The van der Waals surface area contributed by atoms with E-state index in [4.69, 9.17) is 11.5 Å². The summed E-state index contributed by atoms with van der Waals surface area (Å²) in [5.41, 5.74) is 15.1. The fourth-order valence-electron chi connectivity index (χ4n) is 2.43. The molecule has 0 radical (unpaired) electrons. The molecular formula is C14H21N7O4S. The van der Waals surface area contributed by atoms with Crippen LogP contribution < -0.4 is 16.0 Å². The van der Waals surface area contributed by atoms with Crippen molar-refractivity contribution in [2.24, 2.45) is 14.1 Å². The number of fused-ring (bicyclic) bond motifs is 1. The number of imidazole rings is 1. The van der Waals surface area contributed by atoms with Crippen molar-refractivity contribution in [2.75, 3.05) is 18.6 Å². The van der Waals surface area contributed by atoms with Gasteiger partial charge in [-0.25, -0.2) is 22.5 Å². The Labute approximate surface area is 150 Å². The summed E-state index contributed by atoms with van der Waals surface area (Å²) in [4.78, 5) is 4.51. The average molecular weight is 383 g/mol. The van der Waals surface area contributed by atoms with Crippen molar-refractivity contribution >= 4 is 27.6 Å². The van der Waals surface area contributed by atoms with Crippen LogP contribution in [0.1, 0.15) is 17.1 Å². The van der Waals surface area contributed by atoms with Gasteiger partial charge in [0.1, 0.15) is 18.2 Å². The van der Waals surface area contributed by atoms with Gasteiger partial charge in [0.2, 0.25) is 10.4 Å². The summed E-state index contributed by atoms with van der Waals surface area (Å²) in [5, 5.41) is 4.18. The summed E-state index contributed by atoms with van der Waals surface area (Å²) < 4.78 is 36.8. The molecule has 3 heterocycles. The van der Waals surface area contributed by atoms with E-state index < -0.39 is 10.4 Å². The summed E-state index contributed by atoms with van der Waals surface area (Å²) in [7, 11) is 0.421. The first kappa shape index (κ1) is 19.6. The van der Waals surface area contributed by atoms with Gasteiger partial charge >= 0.3 is 0 Å². The number of nitrogens with two attached hydrogens (primary N) is 2. The molecule has 3 aromatic heterocycles. The molecule has 0 saturated heterocycles. The van der Waals surface area contributed by atoms with Gasteiger partial charge in [0.05, 0.1) is 39.5 Å². The fraction of sp³-hybridized carbons (Fsp3) is 0.357. The topological polar surface area (TPSA) is 157 Å². The van der Waals surface area contributed by atoms with E-state index >= 15 is 0 Å². The van der Waals surface area contributed by atoms with E-state index in [1.165, 1.54) is 0 Å². The van der Waals surface area contributed by atoms with E-state index in [2.05, 4.69) is 23.4 Å². The van der Waals surface area contributed by atoms with Gasteiger partial charge in [-0.05, 0) is 6.92 Å². The van der Waals surface area contributed by atoms with E-state index in [9.17, 15) is 13.0 Å². The zero-order valence-electron chi connectivity index (χ0n) is 14.9. The van der Waals surface area contributed by atoms with Crippen LogP contribution in [0.25, 0.3) is 5.65 Å². The Hall–Kier alpha value is -2.70. The highest BCUT2D eigenvalue weighted by Crippen LogP contribution is 2.22. The van der Waals surface area contributed by atoms with E-state index in [-0.39, 0.29) is 0 Å². The summed E-state index contributed by atoms with van der Waals surface area (Å²) in [5.74, 6) is 1.73. The van der Waals surface area contributed by atoms with E-state index in [1.807, 2.05) is 33.4 Å². The highest BCUT2D eigenvalue weighted by Gasteiger charge is 2.19. The molecule has 0 unspecified atom stereocenters. The van der Waals surface area contributed by atoms with Gasteiger partial charge < -0.3 is 16.0 Å². The Morgan fingerprint density at radius 1 is 1.38 bits per heavy atom. The number of hydrogen-bond acceptors (Lipinski definition) is 8. The lowest BCUT2D eigenvalue weighted by Gasteiger charge is -2.09. The van der Waals surface area contributed by atoms with E-state index in [0.717, 1.165) is 24.2 Å². The predicted octanol–water partition coefficient (Wildman–Crippen LogP) is -0.951. The van der Waals surface area contributed by atoms with Crippen LogP contribution in [0.4, 0.5) is 11.5 Å². The van der Waals surface area contributed by atoms with Gasteiger partial charge in [-0.3, -0.25) is 4.18 Å². The van der Waals surface area contributed by atoms with Crippen molar-refractivity contribution in [3.8, 4) is 0 Å². The SMILES string of the molecule is COS(=O)(=O)[O-].Cc1nc2c(N)cnn2c(N)c1Cc1n(C)cc[n+]1C. The Morgan fingerprint density at radius 2 is 2.00 bits per heavy atom. The number of anilines is 2. The highest BCUT2D eigenvalue weighted by atomic mass is 32.3. The molecule has 4 N–H and O–H groups in total. The average Bonchev–Trinajstić information content (AvgIpc) is 3.08. The monoisotopic (exact) mass is 383 g/mol. The van der Waals surface area contributed by atoms with Crippen molar-refractivity contribution in [1.29, 1.82) is 0 Å². The second kappa shape index (κ2) is 7.27. The largest absolute Gasteiger partial charge is 0.726 e. The predicted molar refractivity (Wildman–Crippen MR) is 92.7 cm³/mol. The van der Waals surface area contributed by atoms with Crippen LogP contribution in [0.3, 0.4) is 0 Å². The Morgan fingerprint density at radius 3 is 2.50 bits per heavy atom. The summed E-state index contributed by atoms with van der Waals surface area (Å²) in [6.45, 7) is 1.95.